The van der Waals surface area contributed by atoms with Crippen molar-refractivity contribution in [3.8, 4) is 5.75 Å². The Morgan fingerprint density at radius 2 is 2.05 bits per heavy atom. The third kappa shape index (κ3) is 3.07. The fourth-order valence-corrected chi connectivity index (χ4v) is 2.07. The van der Waals surface area contributed by atoms with Crippen molar-refractivity contribution in [1.29, 1.82) is 0 Å². The van der Waals surface area contributed by atoms with Crippen LogP contribution in [0.1, 0.15) is 28.8 Å². The van der Waals surface area contributed by atoms with Gasteiger partial charge < -0.3 is 24.3 Å². The summed E-state index contributed by atoms with van der Waals surface area (Å²) in [5.41, 5.74) is 1.02. The van der Waals surface area contributed by atoms with Gasteiger partial charge in [0.05, 0.1) is 25.2 Å². The van der Waals surface area contributed by atoms with Crippen LogP contribution in [-0.4, -0.2) is 24.2 Å². The molecule has 1 fully saturated rings. The summed E-state index contributed by atoms with van der Waals surface area (Å²) in [5, 5.41) is 12.5. The molecule has 3 rings (SSSR count). The molecular formula is C15H15NO5. The smallest absolute Gasteiger partial charge is 0.291 e. The molecule has 1 saturated heterocycles. The van der Waals surface area contributed by atoms with Crippen LogP contribution in [0.3, 0.4) is 0 Å². The maximum Gasteiger partial charge on any atom is 0.291 e. The minimum Gasteiger partial charge on any atom is -0.506 e. The average molecular weight is 289 g/mol. The molecule has 6 heteroatoms. The minimum atomic E-state index is -0.474. The minimum absolute atomic E-state index is 0.0329. The Labute approximate surface area is 121 Å². The topological polar surface area (TPSA) is 80.9 Å². The first-order valence-corrected chi connectivity index (χ1v) is 6.65. The number of aromatic hydroxyl groups is 1. The van der Waals surface area contributed by atoms with Gasteiger partial charge in [0, 0.05) is 5.56 Å². The van der Waals surface area contributed by atoms with Crippen molar-refractivity contribution in [2.45, 2.75) is 12.7 Å². The fraction of sp³-hybridized carbons (Fsp3) is 0.267. The quantitative estimate of drug-likeness (QED) is 0.849. The summed E-state index contributed by atoms with van der Waals surface area (Å²) in [6.07, 6.45) is 1.80. The Kier molecular flexibility index (Phi) is 3.89. The summed E-state index contributed by atoms with van der Waals surface area (Å²) in [6, 6.07) is 7.99. The summed E-state index contributed by atoms with van der Waals surface area (Å²) >= 11 is 0. The van der Waals surface area contributed by atoms with Gasteiger partial charge in [-0.3, -0.25) is 4.79 Å². The Morgan fingerprint density at radius 3 is 2.76 bits per heavy atom. The normalized spacial score (nSPS) is 15.8. The Balaban J connectivity index is 1.79. The van der Waals surface area contributed by atoms with E-state index in [4.69, 9.17) is 13.9 Å². The highest BCUT2D eigenvalue weighted by molar-refractivity contribution is 6.03. The Morgan fingerprint density at radius 1 is 1.24 bits per heavy atom. The monoisotopic (exact) mass is 289 g/mol. The van der Waals surface area contributed by atoms with Gasteiger partial charge in [-0.25, -0.2) is 0 Å². The highest BCUT2D eigenvalue weighted by atomic mass is 16.7. The first-order chi connectivity index (χ1) is 10.2. The van der Waals surface area contributed by atoms with E-state index in [9.17, 15) is 9.90 Å². The lowest BCUT2D eigenvalue weighted by Gasteiger charge is -2.24. The van der Waals surface area contributed by atoms with Crippen LogP contribution in [0.25, 0.3) is 0 Å². The first-order valence-electron chi connectivity index (χ1n) is 6.65. The molecular weight excluding hydrogens is 274 g/mol. The van der Waals surface area contributed by atoms with E-state index < -0.39 is 12.2 Å². The van der Waals surface area contributed by atoms with Gasteiger partial charge >= 0.3 is 0 Å². The van der Waals surface area contributed by atoms with Gasteiger partial charge in [0.15, 0.2) is 12.1 Å². The SMILES string of the molecule is O=C(Nc1cc(C2OCCCO2)ccc1O)c1ccco1. The molecule has 2 N–H and O–H groups in total. The lowest BCUT2D eigenvalue weighted by molar-refractivity contribution is -0.183. The van der Waals surface area contributed by atoms with E-state index >= 15 is 0 Å². The zero-order valence-electron chi connectivity index (χ0n) is 11.2. The molecule has 0 bridgehead atoms. The van der Waals surface area contributed by atoms with Crippen LogP contribution in [0.2, 0.25) is 0 Å². The summed E-state index contributed by atoms with van der Waals surface area (Å²) in [5.74, 6) is -0.294. The van der Waals surface area contributed by atoms with Gasteiger partial charge in [-0.05, 0) is 30.7 Å². The lowest BCUT2D eigenvalue weighted by atomic mass is 10.1. The number of anilines is 1. The number of rotatable bonds is 3. The molecule has 0 atom stereocenters. The summed E-state index contributed by atoms with van der Waals surface area (Å²) < 4.78 is 16.0. The molecule has 1 aromatic heterocycles. The number of hydrogen-bond acceptors (Lipinski definition) is 5. The van der Waals surface area contributed by atoms with Crippen LogP contribution in [-0.2, 0) is 9.47 Å². The molecule has 0 unspecified atom stereocenters. The lowest BCUT2D eigenvalue weighted by Crippen LogP contribution is -2.18. The highest BCUT2D eigenvalue weighted by Gasteiger charge is 2.19. The molecule has 0 spiro atoms. The van der Waals surface area contributed by atoms with Crippen LogP contribution in [0, 0.1) is 0 Å². The van der Waals surface area contributed by atoms with Crippen LogP contribution < -0.4 is 5.32 Å². The number of furan rings is 1. The molecule has 0 radical (unpaired) electrons. The molecule has 6 nitrogen and oxygen atoms in total. The van der Waals surface area contributed by atoms with E-state index in [0.29, 0.717) is 13.2 Å². The number of phenols is 1. The number of benzene rings is 1. The first kappa shape index (κ1) is 13.7. The number of carbonyl (C=O) groups excluding carboxylic acids is 1. The van der Waals surface area contributed by atoms with Crippen molar-refractivity contribution >= 4 is 11.6 Å². The van der Waals surface area contributed by atoms with E-state index in [0.717, 1.165) is 12.0 Å². The predicted octanol–water partition coefficient (Wildman–Crippen LogP) is 2.67. The number of hydrogen-bond donors (Lipinski definition) is 2. The molecule has 110 valence electrons. The standard InChI is InChI=1S/C15H15NO5/c17-12-5-4-10(15-20-7-2-8-21-15)9-11(12)16-14(18)13-3-1-6-19-13/h1,3-6,9,15,17H,2,7-8H2,(H,16,18). The van der Waals surface area contributed by atoms with Gasteiger partial charge in [0.1, 0.15) is 5.75 Å². The zero-order valence-corrected chi connectivity index (χ0v) is 11.2. The molecule has 1 amide bonds. The van der Waals surface area contributed by atoms with E-state index in [-0.39, 0.29) is 17.2 Å². The van der Waals surface area contributed by atoms with Crippen LogP contribution >= 0.6 is 0 Å². The molecule has 1 aliphatic heterocycles. The molecule has 1 aromatic carbocycles. The number of amides is 1. The largest absolute Gasteiger partial charge is 0.506 e. The third-order valence-corrected chi connectivity index (χ3v) is 3.11. The van der Waals surface area contributed by atoms with Crippen molar-refractivity contribution in [3.63, 3.8) is 0 Å². The molecule has 2 heterocycles. The second-order valence-corrected chi connectivity index (χ2v) is 4.64. The van der Waals surface area contributed by atoms with Gasteiger partial charge in [0.2, 0.25) is 0 Å². The zero-order chi connectivity index (χ0) is 14.7. The molecule has 0 saturated carbocycles. The summed E-state index contributed by atoms with van der Waals surface area (Å²) in [7, 11) is 0. The highest BCUT2D eigenvalue weighted by Crippen LogP contribution is 2.30. The Bertz CT molecular complexity index is 617. The maximum absolute atomic E-state index is 11.9. The molecule has 1 aliphatic rings. The second-order valence-electron chi connectivity index (χ2n) is 4.64. The fourth-order valence-electron chi connectivity index (χ4n) is 2.07. The summed E-state index contributed by atoms with van der Waals surface area (Å²) in [4.78, 5) is 11.9. The van der Waals surface area contributed by atoms with Crippen molar-refractivity contribution in [1.82, 2.24) is 0 Å². The van der Waals surface area contributed by atoms with E-state index in [1.54, 1.807) is 24.3 Å². The summed E-state index contributed by atoms with van der Waals surface area (Å²) in [6.45, 7) is 1.25. The van der Waals surface area contributed by atoms with Crippen molar-refractivity contribution < 1.29 is 23.8 Å². The number of carbonyl (C=O) groups is 1. The van der Waals surface area contributed by atoms with Gasteiger partial charge in [-0.1, -0.05) is 6.07 Å². The number of ether oxygens (including phenoxy) is 2. The average Bonchev–Trinajstić information content (AvgIpc) is 3.05. The van der Waals surface area contributed by atoms with Crippen molar-refractivity contribution in [3.05, 3.63) is 47.9 Å². The second kappa shape index (κ2) is 5.99. The van der Waals surface area contributed by atoms with E-state index in [2.05, 4.69) is 5.32 Å². The molecule has 21 heavy (non-hydrogen) atoms. The number of phenolic OH excluding ortho intramolecular Hbond substituents is 1. The van der Waals surface area contributed by atoms with E-state index in [1.807, 2.05) is 0 Å². The predicted molar refractivity (Wildman–Crippen MR) is 74.0 cm³/mol. The van der Waals surface area contributed by atoms with Crippen molar-refractivity contribution in [2.75, 3.05) is 18.5 Å². The van der Waals surface area contributed by atoms with Gasteiger partial charge in [-0.2, -0.15) is 0 Å². The molecule has 2 aromatic rings. The van der Waals surface area contributed by atoms with Crippen LogP contribution in [0.4, 0.5) is 5.69 Å². The van der Waals surface area contributed by atoms with Gasteiger partial charge in [0.25, 0.3) is 5.91 Å². The van der Waals surface area contributed by atoms with Crippen LogP contribution in [0.5, 0.6) is 5.75 Å². The van der Waals surface area contributed by atoms with E-state index in [1.165, 1.54) is 12.3 Å². The third-order valence-electron chi connectivity index (χ3n) is 3.11. The number of nitrogens with one attached hydrogen (secondary N) is 1. The van der Waals surface area contributed by atoms with Crippen molar-refractivity contribution in [2.24, 2.45) is 0 Å². The van der Waals surface area contributed by atoms with Gasteiger partial charge in [-0.15, -0.1) is 0 Å². The Hall–Kier alpha value is -2.31. The van der Waals surface area contributed by atoms with Crippen LogP contribution in [0.15, 0.2) is 41.0 Å². The maximum atomic E-state index is 11.9. The molecule has 0 aliphatic carbocycles.